The number of anilines is 4. The first-order chi connectivity index (χ1) is 14.3. The summed E-state index contributed by atoms with van der Waals surface area (Å²) < 4.78 is 19.2. The van der Waals surface area contributed by atoms with Gasteiger partial charge >= 0.3 is 0 Å². The van der Waals surface area contributed by atoms with Crippen LogP contribution in [-0.2, 0) is 11.2 Å². The average Bonchev–Trinajstić information content (AvgIpc) is 2.76. The van der Waals surface area contributed by atoms with Gasteiger partial charge in [-0.25, -0.2) is 4.39 Å². The van der Waals surface area contributed by atoms with E-state index in [0.29, 0.717) is 30.3 Å². The number of morpholine rings is 1. The lowest BCUT2D eigenvalue weighted by molar-refractivity contribution is 0.123. The SMILES string of the molecule is Fc1ccccc1CCNc1nncc(Nc2ccccc2N2CCOCC2)n1. The number of nitrogens with zero attached hydrogens (tertiary/aromatic N) is 4. The predicted octanol–water partition coefficient (Wildman–Crippen LogP) is 3.25. The van der Waals surface area contributed by atoms with Gasteiger partial charge in [0.15, 0.2) is 5.82 Å². The molecule has 1 aromatic heterocycles. The topological polar surface area (TPSA) is 75.2 Å². The summed E-state index contributed by atoms with van der Waals surface area (Å²) in [7, 11) is 0. The Bertz CT molecular complexity index is 948. The maximum absolute atomic E-state index is 13.7. The fourth-order valence-electron chi connectivity index (χ4n) is 3.25. The summed E-state index contributed by atoms with van der Waals surface area (Å²) in [6.45, 7) is 3.66. The Labute approximate surface area is 168 Å². The Morgan fingerprint density at radius 3 is 2.69 bits per heavy atom. The second-order valence-electron chi connectivity index (χ2n) is 6.67. The highest BCUT2D eigenvalue weighted by molar-refractivity contribution is 5.74. The van der Waals surface area contributed by atoms with E-state index in [1.54, 1.807) is 18.3 Å². The third kappa shape index (κ3) is 4.97. The quantitative estimate of drug-likeness (QED) is 0.637. The van der Waals surface area contributed by atoms with Crippen molar-refractivity contribution in [2.45, 2.75) is 6.42 Å². The maximum atomic E-state index is 13.7. The van der Waals surface area contributed by atoms with Gasteiger partial charge in [0.1, 0.15) is 5.82 Å². The van der Waals surface area contributed by atoms with Crippen LogP contribution < -0.4 is 15.5 Å². The van der Waals surface area contributed by atoms with Crippen molar-refractivity contribution in [2.24, 2.45) is 0 Å². The molecule has 3 aromatic rings. The molecular formula is C21H23FN6O. The van der Waals surface area contributed by atoms with Crippen LogP contribution in [0.25, 0.3) is 0 Å². The van der Waals surface area contributed by atoms with E-state index < -0.39 is 0 Å². The second-order valence-corrected chi connectivity index (χ2v) is 6.67. The van der Waals surface area contributed by atoms with Gasteiger partial charge < -0.3 is 20.3 Å². The number of para-hydroxylation sites is 2. The van der Waals surface area contributed by atoms with Crippen molar-refractivity contribution in [3.8, 4) is 0 Å². The van der Waals surface area contributed by atoms with Gasteiger partial charge in [-0.3, -0.25) is 0 Å². The van der Waals surface area contributed by atoms with Crippen LogP contribution >= 0.6 is 0 Å². The molecule has 29 heavy (non-hydrogen) atoms. The van der Waals surface area contributed by atoms with Crippen molar-refractivity contribution in [2.75, 3.05) is 48.4 Å². The monoisotopic (exact) mass is 394 g/mol. The molecule has 0 radical (unpaired) electrons. The molecule has 1 aliphatic rings. The summed E-state index contributed by atoms with van der Waals surface area (Å²) in [4.78, 5) is 6.76. The van der Waals surface area contributed by atoms with Crippen LogP contribution in [0.15, 0.2) is 54.7 Å². The summed E-state index contributed by atoms with van der Waals surface area (Å²) >= 11 is 0. The van der Waals surface area contributed by atoms with Gasteiger partial charge in [-0.05, 0) is 30.2 Å². The largest absolute Gasteiger partial charge is 0.378 e. The highest BCUT2D eigenvalue weighted by Gasteiger charge is 2.15. The highest BCUT2D eigenvalue weighted by Crippen LogP contribution is 2.28. The van der Waals surface area contributed by atoms with Gasteiger partial charge in [0.2, 0.25) is 5.95 Å². The van der Waals surface area contributed by atoms with Gasteiger partial charge in [-0.2, -0.15) is 10.1 Å². The van der Waals surface area contributed by atoms with Crippen LogP contribution in [0, 0.1) is 5.82 Å². The molecule has 1 fully saturated rings. The summed E-state index contributed by atoms with van der Waals surface area (Å²) in [5.74, 6) is 0.785. The minimum absolute atomic E-state index is 0.205. The van der Waals surface area contributed by atoms with E-state index in [4.69, 9.17) is 4.74 Å². The zero-order chi connectivity index (χ0) is 19.9. The Kier molecular flexibility index (Phi) is 6.11. The zero-order valence-electron chi connectivity index (χ0n) is 16.0. The molecule has 1 saturated heterocycles. The molecular weight excluding hydrogens is 371 g/mol. The van der Waals surface area contributed by atoms with Crippen molar-refractivity contribution in [1.82, 2.24) is 15.2 Å². The number of halogens is 1. The lowest BCUT2D eigenvalue weighted by Crippen LogP contribution is -2.36. The molecule has 0 aliphatic carbocycles. The van der Waals surface area contributed by atoms with E-state index >= 15 is 0 Å². The van der Waals surface area contributed by atoms with E-state index in [9.17, 15) is 4.39 Å². The summed E-state index contributed by atoms with van der Waals surface area (Å²) in [5, 5.41) is 14.5. The van der Waals surface area contributed by atoms with Crippen molar-refractivity contribution in [3.63, 3.8) is 0 Å². The van der Waals surface area contributed by atoms with Crippen molar-refractivity contribution >= 4 is 23.1 Å². The van der Waals surface area contributed by atoms with Crippen molar-refractivity contribution < 1.29 is 9.13 Å². The van der Waals surface area contributed by atoms with Gasteiger partial charge in [0.05, 0.1) is 30.8 Å². The predicted molar refractivity (Wildman–Crippen MR) is 111 cm³/mol. The molecule has 8 heteroatoms. The molecule has 0 spiro atoms. The molecule has 150 valence electrons. The Morgan fingerprint density at radius 2 is 1.83 bits per heavy atom. The number of hydrogen-bond donors (Lipinski definition) is 2. The Balaban J connectivity index is 1.41. The van der Waals surface area contributed by atoms with Crippen LogP contribution in [0.4, 0.5) is 27.5 Å². The number of nitrogens with one attached hydrogen (secondary N) is 2. The van der Waals surface area contributed by atoms with Crippen LogP contribution in [0.1, 0.15) is 5.56 Å². The fourth-order valence-corrected chi connectivity index (χ4v) is 3.25. The summed E-state index contributed by atoms with van der Waals surface area (Å²) in [6.07, 6.45) is 2.12. The number of benzene rings is 2. The van der Waals surface area contributed by atoms with Crippen LogP contribution in [0.2, 0.25) is 0 Å². The summed E-state index contributed by atoms with van der Waals surface area (Å²) in [5.41, 5.74) is 2.71. The van der Waals surface area contributed by atoms with Crippen molar-refractivity contribution in [1.29, 1.82) is 0 Å². The van der Waals surface area contributed by atoms with E-state index in [1.807, 2.05) is 24.3 Å². The van der Waals surface area contributed by atoms with Crippen LogP contribution in [-0.4, -0.2) is 48.0 Å². The van der Waals surface area contributed by atoms with Crippen LogP contribution in [0.3, 0.4) is 0 Å². The third-order valence-electron chi connectivity index (χ3n) is 4.71. The van der Waals surface area contributed by atoms with Gasteiger partial charge in [0.25, 0.3) is 0 Å². The first kappa shape index (κ1) is 19.1. The van der Waals surface area contributed by atoms with Gasteiger partial charge in [-0.1, -0.05) is 30.3 Å². The van der Waals surface area contributed by atoms with E-state index in [-0.39, 0.29) is 5.82 Å². The molecule has 4 rings (SSSR count). The Hall–Kier alpha value is -3.26. The molecule has 2 N–H and O–H groups in total. The molecule has 0 bridgehead atoms. The molecule has 2 aromatic carbocycles. The molecule has 7 nitrogen and oxygen atoms in total. The third-order valence-corrected chi connectivity index (χ3v) is 4.71. The molecule has 2 heterocycles. The van der Waals surface area contributed by atoms with Gasteiger partial charge in [0, 0.05) is 19.6 Å². The smallest absolute Gasteiger partial charge is 0.244 e. The molecule has 0 atom stereocenters. The van der Waals surface area contributed by atoms with Crippen LogP contribution in [0.5, 0.6) is 0 Å². The summed E-state index contributed by atoms with van der Waals surface area (Å²) in [6, 6.07) is 14.8. The molecule has 0 saturated carbocycles. The number of rotatable bonds is 7. The maximum Gasteiger partial charge on any atom is 0.244 e. The molecule has 1 aliphatic heterocycles. The average molecular weight is 394 g/mol. The minimum Gasteiger partial charge on any atom is -0.378 e. The highest BCUT2D eigenvalue weighted by atomic mass is 19.1. The number of aromatic nitrogens is 3. The number of ether oxygens (including phenoxy) is 1. The second kappa shape index (κ2) is 9.29. The van der Waals surface area contributed by atoms with Crippen molar-refractivity contribution in [3.05, 3.63) is 66.1 Å². The Morgan fingerprint density at radius 1 is 1.03 bits per heavy atom. The normalized spacial score (nSPS) is 13.9. The van der Waals surface area contributed by atoms with E-state index in [2.05, 4.69) is 36.8 Å². The lowest BCUT2D eigenvalue weighted by atomic mass is 10.1. The zero-order valence-corrected chi connectivity index (χ0v) is 16.0. The van der Waals surface area contributed by atoms with E-state index in [0.717, 1.165) is 37.7 Å². The fraction of sp³-hybridized carbons (Fsp3) is 0.286. The minimum atomic E-state index is -0.205. The first-order valence-electron chi connectivity index (χ1n) is 9.65. The number of hydrogen-bond acceptors (Lipinski definition) is 7. The standard InChI is InChI=1S/C21H23FN6O/c22-17-6-2-1-5-16(17)9-10-23-21-26-20(15-24-27-21)25-18-7-3-4-8-19(18)28-11-13-29-14-12-28/h1-8,15H,9-14H2,(H2,23,25,26,27). The first-order valence-corrected chi connectivity index (χ1v) is 9.65. The molecule has 0 unspecified atom stereocenters. The lowest BCUT2D eigenvalue weighted by Gasteiger charge is -2.30. The molecule has 0 amide bonds. The van der Waals surface area contributed by atoms with Gasteiger partial charge in [-0.15, -0.1) is 5.10 Å². The van der Waals surface area contributed by atoms with E-state index in [1.165, 1.54) is 6.07 Å².